The summed E-state index contributed by atoms with van der Waals surface area (Å²) < 4.78 is 5.59. The number of aryl methyl sites for hydroxylation is 1. The summed E-state index contributed by atoms with van der Waals surface area (Å²) >= 11 is 0. The molecular formula is C16H26N2O. The van der Waals surface area contributed by atoms with E-state index in [1.807, 2.05) is 0 Å². The summed E-state index contributed by atoms with van der Waals surface area (Å²) in [5, 5.41) is 3.45. The third-order valence-electron chi connectivity index (χ3n) is 3.97. The van der Waals surface area contributed by atoms with Crippen molar-refractivity contribution < 1.29 is 4.74 Å². The molecule has 1 saturated heterocycles. The van der Waals surface area contributed by atoms with Crippen LogP contribution in [-0.2, 0) is 4.74 Å². The van der Waals surface area contributed by atoms with Crippen LogP contribution in [0.2, 0.25) is 0 Å². The lowest BCUT2D eigenvalue weighted by Gasteiger charge is -2.32. The van der Waals surface area contributed by atoms with Gasteiger partial charge in [0.15, 0.2) is 0 Å². The van der Waals surface area contributed by atoms with E-state index in [1.165, 1.54) is 11.1 Å². The van der Waals surface area contributed by atoms with Crippen molar-refractivity contribution in [3.63, 3.8) is 0 Å². The van der Waals surface area contributed by atoms with Crippen LogP contribution in [-0.4, -0.2) is 44.3 Å². The first-order chi connectivity index (χ1) is 9.20. The molecule has 1 aliphatic rings. The topological polar surface area (TPSA) is 24.5 Å². The predicted molar refractivity (Wildman–Crippen MR) is 79.5 cm³/mol. The van der Waals surface area contributed by atoms with Gasteiger partial charge >= 0.3 is 0 Å². The smallest absolute Gasteiger partial charge is 0.0674 e. The fourth-order valence-corrected chi connectivity index (χ4v) is 2.84. The molecule has 0 aromatic heterocycles. The van der Waals surface area contributed by atoms with E-state index >= 15 is 0 Å². The van der Waals surface area contributed by atoms with Crippen LogP contribution in [0, 0.1) is 6.92 Å². The lowest BCUT2D eigenvalue weighted by atomic mass is 9.98. The molecule has 2 atom stereocenters. The van der Waals surface area contributed by atoms with E-state index in [2.05, 4.69) is 55.4 Å². The van der Waals surface area contributed by atoms with Crippen LogP contribution in [0.1, 0.15) is 30.5 Å². The van der Waals surface area contributed by atoms with Crippen molar-refractivity contribution in [3.05, 3.63) is 35.4 Å². The molecule has 2 rings (SSSR count). The second-order valence-corrected chi connectivity index (χ2v) is 5.47. The van der Waals surface area contributed by atoms with Crippen LogP contribution in [0.25, 0.3) is 0 Å². The molecule has 0 spiro atoms. The summed E-state index contributed by atoms with van der Waals surface area (Å²) in [5.41, 5.74) is 2.79. The molecular weight excluding hydrogens is 236 g/mol. The number of rotatable bonds is 5. The molecule has 0 radical (unpaired) electrons. The monoisotopic (exact) mass is 262 g/mol. The zero-order valence-corrected chi connectivity index (χ0v) is 12.4. The van der Waals surface area contributed by atoms with Gasteiger partial charge in [-0.1, -0.05) is 24.3 Å². The van der Waals surface area contributed by atoms with Crippen LogP contribution in [0.5, 0.6) is 0 Å². The average Bonchev–Trinajstić information content (AvgIpc) is 2.41. The molecule has 0 saturated carbocycles. The van der Waals surface area contributed by atoms with Crippen LogP contribution < -0.4 is 5.32 Å². The molecule has 19 heavy (non-hydrogen) atoms. The Hall–Kier alpha value is -0.900. The summed E-state index contributed by atoms with van der Waals surface area (Å²) in [5.74, 6) is 0. The first-order valence-corrected chi connectivity index (χ1v) is 7.27. The highest BCUT2D eigenvalue weighted by Gasteiger charge is 2.18. The lowest BCUT2D eigenvalue weighted by molar-refractivity contribution is -0.0191. The molecule has 0 bridgehead atoms. The highest BCUT2D eigenvalue weighted by atomic mass is 16.5. The maximum absolute atomic E-state index is 5.59. The van der Waals surface area contributed by atoms with Gasteiger partial charge in [0.05, 0.1) is 12.7 Å². The largest absolute Gasteiger partial charge is 0.376 e. The van der Waals surface area contributed by atoms with Crippen LogP contribution >= 0.6 is 0 Å². The molecule has 1 heterocycles. The van der Waals surface area contributed by atoms with Crippen molar-refractivity contribution in [2.75, 3.05) is 33.3 Å². The minimum absolute atomic E-state index is 0.375. The molecule has 3 nitrogen and oxygen atoms in total. The molecule has 3 heteroatoms. The van der Waals surface area contributed by atoms with Crippen LogP contribution in [0.3, 0.4) is 0 Å². The predicted octanol–water partition coefficient (Wildman–Crippen LogP) is 2.37. The van der Waals surface area contributed by atoms with Gasteiger partial charge in [-0.3, -0.25) is 4.90 Å². The number of morpholine rings is 1. The van der Waals surface area contributed by atoms with Gasteiger partial charge < -0.3 is 10.1 Å². The Morgan fingerprint density at radius 1 is 1.42 bits per heavy atom. The Morgan fingerprint density at radius 2 is 2.21 bits per heavy atom. The van der Waals surface area contributed by atoms with E-state index in [0.717, 1.165) is 32.7 Å². The Labute approximate surface area is 116 Å². The normalized spacial score (nSPS) is 22.4. The SMILES string of the molecule is CNC(CCN1CCOC(C)C1)c1ccccc1C. The quantitative estimate of drug-likeness (QED) is 0.881. The molecule has 106 valence electrons. The van der Waals surface area contributed by atoms with Crippen molar-refractivity contribution in [1.82, 2.24) is 10.2 Å². The Bertz CT molecular complexity index is 394. The Morgan fingerprint density at radius 3 is 2.89 bits per heavy atom. The summed E-state index contributed by atoms with van der Waals surface area (Å²) in [6, 6.07) is 9.10. The molecule has 0 aliphatic carbocycles. The van der Waals surface area contributed by atoms with E-state index < -0.39 is 0 Å². The lowest BCUT2D eigenvalue weighted by Crippen LogP contribution is -2.42. The number of ether oxygens (including phenoxy) is 1. The van der Waals surface area contributed by atoms with Gasteiger partial charge in [0, 0.05) is 25.7 Å². The van der Waals surface area contributed by atoms with E-state index in [0.29, 0.717) is 12.1 Å². The van der Waals surface area contributed by atoms with Crippen molar-refractivity contribution in [3.8, 4) is 0 Å². The maximum Gasteiger partial charge on any atom is 0.0674 e. The molecule has 1 aromatic carbocycles. The standard InChI is InChI=1S/C16H26N2O/c1-13-6-4-5-7-15(13)16(17-3)8-9-18-10-11-19-14(2)12-18/h4-7,14,16-17H,8-12H2,1-3H3. The van der Waals surface area contributed by atoms with Crippen molar-refractivity contribution >= 4 is 0 Å². The highest BCUT2D eigenvalue weighted by molar-refractivity contribution is 5.28. The Kier molecular flexibility index (Phi) is 5.37. The zero-order valence-electron chi connectivity index (χ0n) is 12.4. The first kappa shape index (κ1) is 14.5. The Balaban J connectivity index is 1.91. The number of hydrogen-bond donors (Lipinski definition) is 1. The number of hydrogen-bond acceptors (Lipinski definition) is 3. The average molecular weight is 262 g/mol. The molecule has 0 amide bonds. The second kappa shape index (κ2) is 7.04. The number of nitrogens with one attached hydrogen (secondary N) is 1. The van der Waals surface area contributed by atoms with Gasteiger partial charge in [0.2, 0.25) is 0 Å². The fraction of sp³-hybridized carbons (Fsp3) is 0.625. The minimum Gasteiger partial charge on any atom is -0.376 e. The number of nitrogens with zero attached hydrogens (tertiary/aromatic N) is 1. The van der Waals surface area contributed by atoms with Gasteiger partial charge in [0.1, 0.15) is 0 Å². The van der Waals surface area contributed by atoms with E-state index in [1.54, 1.807) is 0 Å². The number of benzene rings is 1. The summed E-state index contributed by atoms with van der Waals surface area (Å²) in [6.45, 7) is 8.47. The van der Waals surface area contributed by atoms with Gasteiger partial charge in [-0.15, -0.1) is 0 Å². The molecule has 1 fully saturated rings. The second-order valence-electron chi connectivity index (χ2n) is 5.47. The van der Waals surface area contributed by atoms with E-state index in [9.17, 15) is 0 Å². The molecule has 1 aromatic rings. The van der Waals surface area contributed by atoms with E-state index in [-0.39, 0.29) is 0 Å². The maximum atomic E-state index is 5.59. The van der Waals surface area contributed by atoms with Crippen LogP contribution in [0.4, 0.5) is 0 Å². The summed E-state index contributed by atoms with van der Waals surface area (Å²) in [4.78, 5) is 2.51. The van der Waals surface area contributed by atoms with Gasteiger partial charge in [-0.2, -0.15) is 0 Å². The first-order valence-electron chi connectivity index (χ1n) is 7.27. The third kappa shape index (κ3) is 4.03. The molecule has 2 unspecified atom stereocenters. The van der Waals surface area contributed by atoms with Gasteiger partial charge in [-0.25, -0.2) is 0 Å². The molecule has 1 aliphatic heterocycles. The van der Waals surface area contributed by atoms with Crippen molar-refractivity contribution in [2.24, 2.45) is 0 Å². The highest BCUT2D eigenvalue weighted by Crippen LogP contribution is 2.21. The summed E-state index contributed by atoms with van der Waals surface area (Å²) in [7, 11) is 2.05. The van der Waals surface area contributed by atoms with Gasteiger partial charge in [0.25, 0.3) is 0 Å². The van der Waals surface area contributed by atoms with Gasteiger partial charge in [-0.05, 0) is 38.4 Å². The van der Waals surface area contributed by atoms with Crippen LogP contribution in [0.15, 0.2) is 24.3 Å². The fourth-order valence-electron chi connectivity index (χ4n) is 2.84. The van der Waals surface area contributed by atoms with Crippen molar-refractivity contribution in [1.29, 1.82) is 0 Å². The minimum atomic E-state index is 0.375. The van der Waals surface area contributed by atoms with E-state index in [4.69, 9.17) is 4.74 Å². The molecule has 1 N–H and O–H groups in total. The zero-order chi connectivity index (χ0) is 13.7. The van der Waals surface area contributed by atoms with Crippen molar-refractivity contribution in [2.45, 2.75) is 32.4 Å². The summed E-state index contributed by atoms with van der Waals surface area (Å²) in [6.07, 6.45) is 1.52. The third-order valence-corrected chi connectivity index (χ3v) is 3.97.